The number of rotatable bonds is 8. The summed E-state index contributed by atoms with van der Waals surface area (Å²) in [6.07, 6.45) is 4.27. The lowest BCUT2D eigenvalue weighted by atomic mass is 10.0. The van der Waals surface area contributed by atoms with E-state index in [0.717, 1.165) is 36.7 Å². The molecule has 2 aromatic rings. The Labute approximate surface area is 213 Å². The van der Waals surface area contributed by atoms with Crippen LogP contribution in [0.25, 0.3) is 11.3 Å². The topological polar surface area (TPSA) is 127 Å². The number of anilines is 2. The predicted octanol–water partition coefficient (Wildman–Crippen LogP) is 4.74. The highest BCUT2D eigenvalue weighted by Crippen LogP contribution is 2.34. The Morgan fingerprint density at radius 3 is 2.67 bits per heavy atom. The van der Waals surface area contributed by atoms with Crippen LogP contribution in [0.2, 0.25) is 25.7 Å². The normalized spacial score (nSPS) is 18.2. The van der Waals surface area contributed by atoms with Crippen molar-refractivity contribution in [2.24, 2.45) is 0 Å². The van der Waals surface area contributed by atoms with E-state index in [9.17, 15) is 14.7 Å². The minimum Gasteiger partial charge on any atom is -0.480 e. The predicted molar refractivity (Wildman–Crippen MR) is 143 cm³/mol. The van der Waals surface area contributed by atoms with Crippen molar-refractivity contribution in [2.45, 2.75) is 70.2 Å². The average Bonchev–Trinajstić information content (AvgIpc) is 3.23. The second kappa shape index (κ2) is 12.4. The number of carboxylic acid groups (broad SMARTS) is 1. The van der Waals surface area contributed by atoms with Gasteiger partial charge in [-0.15, -0.1) is 0 Å². The van der Waals surface area contributed by atoms with Crippen molar-refractivity contribution in [1.29, 1.82) is 0 Å². The monoisotopic (exact) mass is 517 g/mol. The van der Waals surface area contributed by atoms with Gasteiger partial charge in [0.25, 0.3) is 0 Å². The second-order valence-corrected chi connectivity index (χ2v) is 16.0. The van der Waals surface area contributed by atoms with Gasteiger partial charge in [-0.2, -0.15) is 0 Å². The number of ether oxygens (including phenoxy) is 2. The molecule has 3 rings (SSSR count). The van der Waals surface area contributed by atoms with Crippen LogP contribution in [0.1, 0.15) is 37.5 Å². The molecule has 1 aliphatic heterocycles. The minimum atomic E-state index is -1.20. The minimum absolute atomic E-state index is 0.0127. The van der Waals surface area contributed by atoms with Gasteiger partial charge in [0.05, 0.1) is 18.8 Å². The first kappa shape index (κ1) is 27.7. The lowest BCUT2D eigenvalue weighted by molar-refractivity contribution is -0.138. The zero-order valence-electron chi connectivity index (χ0n) is 21.9. The molecule has 1 amide bonds. The van der Waals surface area contributed by atoms with E-state index in [1.165, 1.54) is 7.11 Å². The molecule has 2 heterocycles. The van der Waals surface area contributed by atoms with Crippen LogP contribution in [0.3, 0.4) is 0 Å². The summed E-state index contributed by atoms with van der Waals surface area (Å²) >= 11 is 0. The van der Waals surface area contributed by atoms with Gasteiger partial charge in [0, 0.05) is 37.8 Å². The number of aliphatic carboxylic acids is 1. The van der Waals surface area contributed by atoms with Crippen LogP contribution >= 0.6 is 0 Å². The SMILES string of the molecule is CN[C@H]1CCCC[C@H](C(=O)O)Nc2cc(NC(=O)OC)ccc2-c2cn(COCC[Si](C)(C)C)c1n2. The molecule has 4 N–H and O–H groups in total. The summed E-state index contributed by atoms with van der Waals surface area (Å²) in [6.45, 7) is 8.08. The summed E-state index contributed by atoms with van der Waals surface area (Å²) in [6, 6.07) is 5.62. The first-order valence-electron chi connectivity index (χ1n) is 12.4. The van der Waals surface area contributed by atoms with Crippen LogP contribution in [-0.2, 0) is 21.0 Å². The Bertz CT molecular complexity index is 1050. The quantitative estimate of drug-likeness (QED) is 0.292. The maximum atomic E-state index is 12.0. The number of fused-ring (bicyclic) bond motifs is 4. The summed E-state index contributed by atoms with van der Waals surface area (Å²) in [5, 5.41) is 19.0. The van der Waals surface area contributed by atoms with Gasteiger partial charge in [0.2, 0.25) is 0 Å². The number of benzene rings is 1. The molecule has 1 aromatic carbocycles. The Morgan fingerprint density at radius 2 is 2.00 bits per heavy atom. The van der Waals surface area contributed by atoms with Crippen molar-refractivity contribution < 1.29 is 24.2 Å². The molecule has 1 aliphatic rings. The summed E-state index contributed by atoms with van der Waals surface area (Å²) in [5.41, 5.74) is 2.52. The Morgan fingerprint density at radius 1 is 1.25 bits per heavy atom. The molecule has 0 radical (unpaired) electrons. The molecule has 0 spiro atoms. The van der Waals surface area contributed by atoms with Crippen molar-refractivity contribution in [3.63, 3.8) is 0 Å². The van der Waals surface area contributed by atoms with Gasteiger partial charge >= 0.3 is 12.1 Å². The number of methoxy groups -OCH3 is 1. The molecule has 0 fully saturated rings. The van der Waals surface area contributed by atoms with Crippen LogP contribution in [0.15, 0.2) is 24.4 Å². The Hall–Kier alpha value is -2.89. The van der Waals surface area contributed by atoms with Crippen LogP contribution in [0.5, 0.6) is 0 Å². The van der Waals surface area contributed by atoms with Gasteiger partial charge < -0.3 is 29.8 Å². The third-order valence-corrected chi connectivity index (χ3v) is 7.99. The Kier molecular flexibility index (Phi) is 9.52. The lowest BCUT2D eigenvalue weighted by Crippen LogP contribution is -2.29. The molecular formula is C25H39N5O5Si. The molecule has 2 bridgehead atoms. The molecule has 2 atom stereocenters. The molecule has 10 nitrogen and oxygen atoms in total. The molecule has 0 unspecified atom stereocenters. The smallest absolute Gasteiger partial charge is 0.411 e. The van der Waals surface area contributed by atoms with Crippen molar-refractivity contribution in [3.8, 4) is 11.3 Å². The van der Waals surface area contributed by atoms with Gasteiger partial charge in [0.1, 0.15) is 18.6 Å². The molecular weight excluding hydrogens is 478 g/mol. The maximum absolute atomic E-state index is 12.0. The zero-order valence-corrected chi connectivity index (χ0v) is 22.9. The number of carbonyl (C=O) groups is 2. The maximum Gasteiger partial charge on any atom is 0.411 e. The number of imidazole rings is 1. The molecule has 11 heteroatoms. The average molecular weight is 518 g/mol. The van der Waals surface area contributed by atoms with Crippen molar-refractivity contribution >= 4 is 31.5 Å². The number of nitrogens with one attached hydrogen (secondary N) is 3. The molecule has 0 aliphatic carbocycles. The zero-order chi connectivity index (χ0) is 26.3. The van der Waals surface area contributed by atoms with Crippen molar-refractivity contribution in [2.75, 3.05) is 31.4 Å². The van der Waals surface area contributed by atoms with Gasteiger partial charge in [-0.3, -0.25) is 5.32 Å². The molecule has 0 saturated heterocycles. The fourth-order valence-corrected chi connectivity index (χ4v) is 4.92. The molecule has 36 heavy (non-hydrogen) atoms. The van der Waals surface area contributed by atoms with E-state index >= 15 is 0 Å². The van der Waals surface area contributed by atoms with E-state index < -0.39 is 26.2 Å². The Balaban J connectivity index is 2.01. The third kappa shape index (κ3) is 7.55. The van der Waals surface area contributed by atoms with Crippen LogP contribution in [-0.4, -0.2) is 61.6 Å². The van der Waals surface area contributed by atoms with Gasteiger partial charge in [-0.25, -0.2) is 14.6 Å². The fraction of sp³-hybridized carbons (Fsp3) is 0.560. The molecule has 0 saturated carbocycles. The number of hydrogen-bond acceptors (Lipinski definition) is 7. The van der Waals surface area contributed by atoms with Gasteiger partial charge in [-0.05, 0) is 44.1 Å². The van der Waals surface area contributed by atoms with Gasteiger partial charge in [0.15, 0.2) is 0 Å². The third-order valence-electron chi connectivity index (χ3n) is 6.29. The van der Waals surface area contributed by atoms with E-state index in [2.05, 4.69) is 35.6 Å². The summed E-state index contributed by atoms with van der Waals surface area (Å²) < 4.78 is 12.8. The van der Waals surface area contributed by atoms with Crippen molar-refractivity contribution in [1.82, 2.24) is 14.9 Å². The number of carbonyl (C=O) groups excluding carboxylic acids is 1. The highest BCUT2D eigenvalue weighted by Gasteiger charge is 2.24. The summed E-state index contributed by atoms with van der Waals surface area (Å²) in [5.74, 6) is -0.0323. The lowest BCUT2D eigenvalue weighted by Gasteiger charge is -2.21. The van der Waals surface area contributed by atoms with Gasteiger partial charge in [-0.1, -0.05) is 32.5 Å². The van der Waals surface area contributed by atoms with E-state index in [4.69, 9.17) is 14.5 Å². The fourth-order valence-electron chi connectivity index (χ4n) is 4.16. The van der Waals surface area contributed by atoms with Crippen molar-refractivity contribution in [3.05, 3.63) is 30.2 Å². The summed E-state index contributed by atoms with van der Waals surface area (Å²) in [4.78, 5) is 28.7. The number of nitrogens with zero attached hydrogens (tertiary/aromatic N) is 2. The van der Waals surface area contributed by atoms with E-state index in [1.54, 1.807) is 12.1 Å². The van der Waals surface area contributed by atoms with Crippen LogP contribution in [0, 0.1) is 0 Å². The number of aromatic nitrogens is 2. The van der Waals surface area contributed by atoms with Crippen LogP contribution in [0.4, 0.5) is 16.2 Å². The first-order valence-corrected chi connectivity index (χ1v) is 16.1. The number of amides is 1. The van der Waals surface area contributed by atoms with E-state index in [-0.39, 0.29) is 6.04 Å². The number of hydrogen-bond donors (Lipinski definition) is 4. The number of carboxylic acids is 1. The summed E-state index contributed by atoms with van der Waals surface area (Å²) in [7, 11) is 2.01. The standard InChI is InChI=1S/C25H39N5O5Si/c1-26-19-8-6-7-9-20(24(31)32)28-21-14-17(27-25(33)34-2)10-11-18(21)22-15-30(23(19)29-22)16-35-12-13-36(3,4)5/h10-11,14-15,19-20,26,28H,6-9,12-13,16H2,1-5H3,(H,27,33)(H,31,32)/t19-,20+/m0/s1. The van der Waals surface area contributed by atoms with E-state index in [0.29, 0.717) is 36.8 Å². The largest absolute Gasteiger partial charge is 0.480 e. The van der Waals surface area contributed by atoms with E-state index in [1.807, 2.05) is 23.9 Å². The first-order chi connectivity index (χ1) is 17.1. The molecule has 198 valence electrons. The second-order valence-electron chi connectivity index (χ2n) is 10.3. The van der Waals surface area contributed by atoms with Crippen LogP contribution < -0.4 is 16.0 Å². The highest BCUT2D eigenvalue weighted by molar-refractivity contribution is 6.76. The highest BCUT2D eigenvalue weighted by atomic mass is 28.3. The molecule has 1 aromatic heterocycles.